The number of para-hydroxylation sites is 1. The lowest BCUT2D eigenvalue weighted by Crippen LogP contribution is -2.21. The van der Waals surface area contributed by atoms with Gasteiger partial charge in [-0.05, 0) is 36.6 Å². The average molecular weight is 248 g/mol. The molecule has 3 rings (SSSR count). The molecule has 0 aliphatic carbocycles. The fourth-order valence-corrected chi connectivity index (χ4v) is 2.52. The summed E-state index contributed by atoms with van der Waals surface area (Å²) in [4.78, 5) is 0. The van der Waals surface area contributed by atoms with E-state index in [1.807, 2.05) is 18.2 Å². The van der Waals surface area contributed by atoms with Gasteiger partial charge in [-0.15, -0.1) is 0 Å². The van der Waals surface area contributed by atoms with E-state index >= 15 is 0 Å². The van der Waals surface area contributed by atoms with Gasteiger partial charge in [0.2, 0.25) is 0 Å². The van der Waals surface area contributed by atoms with E-state index in [1.165, 1.54) is 11.1 Å². The highest BCUT2D eigenvalue weighted by Gasteiger charge is 2.06. The fraction of sp³-hybridized carbons (Fsp3) is 0.111. The summed E-state index contributed by atoms with van der Waals surface area (Å²) in [6, 6.07) is 16.4. The van der Waals surface area contributed by atoms with Crippen molar-refractivity contribution < 1.29 is 4.42 Å². The van der Waals surface area contributed by atoms with E-state index in [9.17, 15) is 0 Å². The van der Waals surface area contributed by atoms with Gasteiger partial charge in [0.05, 0.1) is 0 Å². The van der Waals surface area contributed by atoms with Crippen LogP contribution in [-0.4, -0.2) is 0 Å². The van der Waals surface area contributed by atoms with E-state index in [4.69, 9.17) is 4.42 Å². The van der Waals surface area contributed by atoms with Gasteiger partial charge in [0.1, 0.15) is 11.0 Å². The lowest BCUT2D eigenvalue weighted by molar-refractivity contribution is 0.572. The fourth-order valence-electron chi connectivity index (χ4n) is 2.52. The van der Waals surface area contributed by atoms with Gasteiger partial charge >= 0.3 is 0 Å². The smallest absolute Gasteiger partial charge is 0.138 e. The summed E-state index contributed by atoms with van der Waals surface area (Å²) >= 11 is 0. The molecular formula is C18H16O. The van der Waals surface area contributed by atoms with Crippen molar-refractivity contribution >= 4 is 23.1 Å². The summed E-state index contributed by atoms with van der Waals surface area (Å²) < 4.78 is 5.97. The van der Waals surface area contributed by atoms with Gasteiger partial charge in [-0.1, -0.05) is 49.0 Å². The Kier molecular flexibility index (Phi) is 2.75. The standard InChI is InChI=1S/C18H16O/c1-12-8-4-5-9-15(12)13(2)18-14(3)16-10-6-7-11-17(16)19-18/h4-11H,3H2,1-2H3/b18-13+. The van der Waals surface area contributed by atoms with Crippen molar-refractivity contribution in [2.24, 2.45) is 0 Å². The van der Waals surface area contributed by atoms with Crippen LogP contribution >= 0.6 is 0 Å². The molecule has 0 saturated carbocycles. The van der Waals surface area contributed by atoms with E-state index in [1.54, 1.807) is 0 Å². The maximum absolute atomic E-state index is 5.97. The topological polar surface area (TPSA) is 13.1 Å². The van der Waals surface area contributed by atoms with Crippen LogP contribution in [0.25, 0.3) is 23.1 Å². The molecule has 0 bridgehead atoms. The normalized spacial score (nSPS) is 12.7. The molecule has 19 heavy (non-hydrogen) atoms. The van der Waals surface area contributed by atoms with Crippen LogP contribution in [0.3, 0.4) is 0 Å². The zero-order valence-electron chi connectivity index (χ0n) is 11.2. The number of hydrogen-bond acceptors (Lipinski definition) is 1. The van der Waals surface area contributed by atoms with E-state index < -0.39 is 0 Å². The first-order valence-corrected chi connectivity index (χ1v) is 6.42. The number of furan rings is 1. The SMILES string of the molecule is C=c1/c(=C(/C)c2ccccc2C)oc2ccccc12. The average Bonchev–Trinajstić information content (AvgIpc) is 2.77. The second-order valence-corrected chi connectivity index (χ2v) is 4.85. The quantitative estimate of drug-likeness (QED) is 0.643. The molecule has 94 valence electrons. The summed E-state index contributed by atoms with van der Waals surface area (Å²) in [5, 5.41) is 2.06. The minimum atomic E-state index is 0.885. The second-order valence-electron chi connectivity index (χ2n) is 4.85. The van der Waals surface area contributed by atoms with Crippen LogP contribution in [0.2, 0.25) is 0 Å². The molecule has 0 radical (unpaired) electrons. The van der Waals surface area contributed by atoms with E-state index in [0.29, 0.717) is 0 Å². The third-order valence-corrected chi connectivity index (χ3v) is 3.59. The summed E-state index contributed by atoms with van der Waals surface area (Å²) in [6.07, 6.45) is 0. The van der Waals surface area contributed by atoms with E-state index in [-0.39, 0.29) is 0 Å². The molecule has 0 N–H and O–H groups in total. The number of rotatable bonds is 1. The minimum Gasteiger partial charge on any atom is -0.456 e. The Balaban J connectivity index is 2.40. The third kappa shape index (κ3) is 1.88. The highest BCUT2D eigenvalue weighted by atomic mass is 16.3. The van der Waals surface area contributed by atoms with Gasteiger partial charge in [-0.25, -0.2) is 0 Å². The summed E-state index contributed by atoms with van der Waals surface area (Å²) in [5.74, 6) is 0. The van der Waals surface area contributed by atoms with Gasteiger partial charge in [-0.2, -0.15) is 0 Å². The van der Waals surface area contributed by atoms with Gasteiger partial charge in [0.25, 0.3) is 0 Å². The molecule has 1 nitrogen and oxygen atoms in total. The van der Waals surface area contributed by atoms with Crippen molar-refractivity contribution in [3.8, 4) is 0 Å². The molecule has 0 fully saturated rings. The van der Waals surface area contributed by atoms with Crippen LogP contribution in [-0.2, 0) is 0 Å². The molecule has 0 aliphatic heterocycles. The molecule has 1 heterocycles. The Labute approximate surface area is 112 Å². The molecule has 0 saturated heterocycles. The summed E-state index contributed by atoms with van der Waals surface area (Å²) in [5.41, 5.74) is 5.39. The predicted molar refractivity (Wildman–Crippen MR) is 80.3 cm³/mol. The molecule has 1 heteroatoms. The Morgan fingerprint density at radius 3 is 2.42 bits per heavy atom. The minimum absolute atomic E-state index is 0.885. The van der Waals surface area contributed by atoms with Crippen LogP contribution in [0, 0.1) is 6.92 Å². The van der Waals surface area contributed by atoms with E-state index in [2.05, 4.69) is 50.8 Å². The van der Waals surface area contributed by atoms with Crippen LogP contribution in [0.4, 0.5) is 0 Å². The zero-order chi connectivity index (χ0) is 13.4. The molecule has 0 unspecified atom stereocenters. The molecular weight excluding hydrogens is 232 g/mol. The molecule has 1 aromatic heterocycles. The van der Waals surface area contributed by atoms with Crippen molar-refractivity contribution in [3.05, 3.63) is 70.3 Å². The van der Waals surface area contributed by atoms with Crippen LogP contribution in [0.15, 0.2) is 52.9 Å². The molecule has 0 atom stereocenters. The first-order valence-electron chi connectivity index (χ1n) is 6.42. The third-order valence-electron chi connectivity index (χ3n) is 3.59. The predicted octanol–water partition coefficient (Wildman–Crippen LogP) is 3.37. The monoisotopic (exact) mass is 248 g/mol. The van der Waals surface area contributed by atoms with Crippen molar-refractivity contribution in [1.82, 2.24) is 0 Å². The molecule has 0 amide bonds. The molecule has 2 aromatic carbocycles. The van der Waals surface area contributed by atoms with Crippen LogP contribution in [0.1, 0.15) is 18.1 Å². The number of benzene rings is 2. The number of hydrogen-bond donors (Lipinski definition) is 0. The van der Waals surface area contributed by atoms with Crippen molar-refractivity contribution in [3.63, 3.8) is 0 Å². The van der Waals surface area contributed by atoms with Gasteiger partial charge < -0.3 is 4.42 Å². The zero-order valence-corrected chi connectivity index (χ0v) is 11.2. The lowest BCUT2D eigenvalue weighted by atomic mass is 10.0. The van der Waals surface area contributed by atoms with Gasteiger partial charge in [0, 0.05) is 10.6 Å². The van der Waals surface area contributed by atoms with Crippen LogP contribution in [0.5, 0.6) is 0 Å². The first kappa shape index (κ1) is 11.8. The Hall–Kier alpha value is -2.28. The molecule has 3 aromatic rings. The van der Waals surface area contributed by atoms with Crippen LogP contribution < -0.4 is 10.6 Å². The van der Waals surface area contributed by atoms with Gasteiger partial charge in [-0.3, -0.25) is 0 Å². The second kappa shape index (κ2) is 4.43. The first-order chi connectivity index (χ1) is 9.18. The lowest BCUT2D eigenvalue weighted by Gasteiger charge is -2.03. The summed E-state index contributed by atoms with van der Waals surface area (Å²) in [6.45, 7) is 8.38. The largest absolute Gasteiger partial charge is 0.456 e. The number of fused-ring (bicyclic) bond motifs is 1. The summed E-state index contributed by atoms with van der Waals surface area (Å²) in [7, 11) is 0. The van der Waals surface area contributed by atoms with Crippen molar-refractivity contribution in [1.29, 1.82) is 0 Å². The number of aryl methyl sites for hydroxylation is 1. The molecule has 0 spiro atoms. The van der Waals surface area contributed by atoms with Crippen molar-refractivity contribution in [2.75, 3.05) is 0 Å². The highest BCUT2D eigenvalue weighted by molar-refractivity contribution is 5.79. The Bertz CT molecular complexity index is 853. The molecule has 0 aliphatic rings. The Morgan fingerprint density at radius 2 is 1.68 bits per heavy atom. The highest BCUT2D eigenvalue weighted by Crippen LogP contribution is 2.16. The maximum Gasteiger partial charge on any atom is 0.138 e. The maximum atomic E-state index is 5.97. The Morgan fingerprint density at radius 1 is 1.00 bits per heavy atom. The van der Waals surface area contributed by atoms with Crippen molar-refractivity contribution in [2.45, 2.75) is 13.8 Å². The van der Waals surface area contributed by atoms with E-state index in [0.717, 1.165) is 27.2 Å². The van der Waals surface area contributed by atoms with Gasteiger partial charge in [0.15, 0.2) is 0 Å².